The first-order valence-electron chi connectivity index (χ1n) is 6.21. The molecule has 0 aromatic heterocycles. The Kier molecular flexibility index (Phi) is 5.29. The fraction of sp³-hybridized carbons (Fsp3) is 0.357. The predicted molar refractivity (Wildman–Crippen MR) is 78.9 cm³/mol. The van der Waals surface area contributed by atoms with Gasteiger partial charge < -0.3 is 9.47 Å². The number of benzene rings is 1. The van der Waals surface area contributed by atoms with Gasteiger partial charge in [-0.1, -0.05) is 0 Å². The summed E-state index contributed by atoms with van der Waals surface area (Å²) < 4.78 is 10.2. The van der Waals surface area contributed by atoms with Crippen LogP contribution in [0.1, 0.15) is 26.3 Å². The van der Waals surface area contributed by atoms with Gasteiger partial charge in [0.25, 0.3) is 0 Å². The highest BCUT2D eigenvalue weighted by Gasteiger charge is 2.17. The van der Waals surface area contributed by atoms with Crippen LogP contribution in [0.25, 0.3) is 6.08 Å². The van der Waals surface area contributed by atoms with Gasteiger partial charge in [0.2, 0.25) is 6.20 Å². The minimum atomic E-state index is -0.647. The van der Waals surface area contributed by atoms with Gasteiger partial charge in [-0.25, -0.2) is 4.79 Å². The number of amides is 1. The van der Waals surface area contributed by atoms with E-state index in [1.54, 1.807) is 39.0 Å². The number of nitrogens with one attached hydrogen (secondary N) is 1. The van der Waals surface area contributed by atoms with E-state index < -0.39 is 16.6 Å². The van der Waals surface area contributed by atoms with E-state index in [1.807, 2.05) is 0 Å². The standard InChI is InChI=1S/C14H18N2O5/c1-14(2,3)21-13(17)15-12-9-11(20-4)6-5-10(12)7-8-16(18)19/h5-9H,1-4H3,(H,15,17)/b8-7+. The lowest BCUT2D eigenvalue weighted by Crippen LogP contribution is -2.27. The van der Waals surface area contributed by atoms with Crippen LogP contribution in [0.3, 0.4) is 0 Å². The van der Waals surface area contributed by atoms with Gasteiger partial charge in [-0.15, -0.1) is 0 Å². The van der Waals surface area contributed by atoms with Crippen LogP contribution in [0, 0.1) is 10.1 Å². The second kappa shape index (κ2) is 6.74. The number of carbonyl (C=O) groups is 1. The van der Waals surface area contributed by atoms with Gasteiger partial charge in [0, 0.05) is 17.7 Å². The number of anilines is 1. The van der Waals surface area contributed by atoms with E-state index in [-0.39, 0.29) is 0 Å². The average molecular weight is 294 g/mol. The first-order chi connectivity index (χ1) is 9.71. The average Bonchev–Trinajstić information content (AvgIpc) is 2.34. The van der Waals surface area contributed by atoms with Crippen LogP contribution in [0.2, 0.25) is 0 Å². The predicted octanol–water partition coefficient (Wildman–Crippen LogP) is 3.29. The molecular weight excluding hydrogens is 276 g/mol. The molecule has 7 nitrogen and oxygen atoms in total. The third kappa shape index (κ3) is 5.94. The summed E-state index contributed by atoms with van der Waals surface area (Å²) in [4.78, 5) is 21.6. The monoisotopic (exact) mass is 294 g/mol. The molecule has 0 fully saturated rings. The number of hydrogen-bond donors (Lipinski definition) is 1. The van der Waals surface area contributed by atoms with Crippen molar-refractivity contribution in [3.8, 4) is 5.75 Å². The van der Waals surface area contributed by atoms with E-state index in [9.17, 15) is 14.9 Å². The lowest BCUT2D eigenvalue weighted by Gasteiger charge is -2.20. The molecule has 0 radical (unpaired) electrons. The van der Waals surface area contributed by atoms with Gasteiger partial charge in [0.15, 0.2) is 0 Å². The molecule has 0 heterocycles. The maximum absolute atomic E-state index is 11.8. The molecular formula is C14H18N2O5. The largest absolute Gasteiger partial charge is 0.497 e. The molecule has 0 spiro atoms. The summed E-state index contributed by atoms with van der Waals surface area (Å²) in [5.41, 5.74) is 0.194. The molecule has 1 amide bonds. The molecule has 0 unspecified atom stereocenters. The molecule has 0 saturated carbocycles. The number of rotatable bonds is 4. The summed E-state index contributed by atoms with van der Waals surface area (Å²) in [5, 5.41) is 12.9. The SMILES string of the molecule is COc1ccc(/C=C/[N+](=O)[O-])c(NC(=O)OC(C)(C)C)c1. The molecule has 0 saturated heterocycles. The Labute approximate surface area is 122 Å². The summed E-state index contributed by atoms with van der Waals surface area (Å²) in [6.45, 7) is 5.23. The highest BCUT2D eigenvalue weighted by Crippen LogP contribution is 2.24. The normalized spacial score (nSPS) is 11.2. The maximum atomic E-state index is 11.8. The lowest BCUT2D eigenvalue weighted by molar-refractivity contribution is -0.400. The van der Waals surface area contributed by atoms with Crippen LogP contribution in [-0.2, 0) is 4.74 Å². The van der Waals surface area contributed by atoms with Crippen molar-refractivity contribution in [1.29, 1.82) is 0 Å². The molecule has 0 bridgehead atoms. The molecule has 1 N–H and O–H groups in total. The summed E-state index contributed by atoms with van der Waals surface area (Å²) in [7, 11) is 1.49. The van der Waals surface area contributed by atoms with Crippen molar-refractivity contribution in [2.24, 2.45) is 0 Å². The van der Waals surface area contributed by atoms with Gasteiger partial charge in [-0.3, -0.25) is 15.4 Å². The van der Waals surface area contributed by atoms with E-state index in [4.69, 9.17) is 9.47 Å². The van der Waals surface area contributed by atoms with E-state index in [1.165, 1.54) is 13.2 Å². The fourth-order valence-electron chi connectivity index (χ4n) is 1.47. The maximum Gasteiger partial charge on any atom is 0.412 e. The summed E-state index contributed by atoms with van der Waals surface area (Å²) in [6, 6.07) is 4.80. The number of methoxy groups -OCH3 is 1. The van der Waals surface area contributed by atoms with Crippen LogP contribution in [-0.4, -0.2) is 23.7 Å². The lowest BCUT2D eigenvalue weighted by atomic mass is 10.1. The summed E-state index contributed by atoms with van der Waals surface area (Å²) >= 11 is 0. The second-order valence-electron chi connectivity index (χ2n) is 5.18. The first-order valence-corrected chi connectivity index (χ1v) is 6.21. The van der Waals surface area contributed by atoms with Gasteiger partial charge in [-0.05, 0) is 32.9 Å². The highest BCUT2D eigenvalue weighted by atomic mass is 16.6. The van der Waals surface area contributed by atoms with Crippen LogP contribution in [0.15, 0.2) is 24.4 Å². The van der Waals surface area contributed by atoms with E-state index in [0.717, 1.165) is 6.20 Å². The Balaban J connectivity index is 3.01. The molecule has 1 aromatic rings. The number of nitrogens with zero attached hydrogens (tertiary/aromatic N) is 1. The zero-order valence-corrected chi connectivity index (χ0v) is 12.4. The molecule has 1 aromatic carbocycles. The van der Waals surface area contributed by atoms with Gasteiger partial charge in [0.05, 0.1) is 17.7 Å². The topological polar surface area (TPSA) is 90.7 Å². The highest BCUT2D eigenvalue weighted by molar-refractivity contribution is 5.88. The molecule has 0 aliphatic carbocycles. The van der Waals surface area contributed by atoms with E-state index in [0.29, 0.717) is 17.0 Å². The van der Waals surface area contributed by atoms with Crippen LogP contribution >= 0.6 is 0 Å². The Morgan fingerprint density at radius 1 is 1.38 bits per heavy atom. The zero-order chi connectivity index (χ0) is 16.0. The number of hydrogen-bond acceptors (Lipinski definition) is 5. The van der Waals surface area contributed by atoms with Gasteiger partial charge >= 0.3 is 6.09 Å². The molecule has 0 aliphatic heterocycles. The molecule has 7 heteroatoms. The van der Waals surface area contributed by atoms with Crippen molar-refractivity contribution >= 4 is 17.9 Å². The third-order valence-corrected chi connectivity index (χ3v) is 2.27. The number of ether oxygens (including phenoxy) is 2. The van der Waals surface area contributed by atoms with Crippen molar-refractivity contribution in [2.45, 2.75) is 26.4 Å². The summed E-state index contributed by atoms with van der Waals surface area (Å²) in [5.74, 6) is 0.513. The minimum absolute atomic E-state index is 0.363. The third-order valence-electron chi connectivity index (χ3n) is 2.27. The van der Waals surface area contributed by atoms with Gasteiger partial charge in [-0.2, -0.15) is 0 Å². The smallest absolute Gasteiger partial charge is 0.412 e. The van der Waals surface area contributed by atoms with E-state index >= 15 is 0 Å². The van der Waals surface area contributed by atoms with Crippen molar-refractivity contribution in [3.05, 3.63) is 40.1 Å². The van der Waals surface area contributed by atoms with E-state index in [2.05, 4.69) is 5.32 Å². The number of carbonyl (C=O) groups excluding carboxylic acids is 1. The van der Waals surface area contributed by atoms with Gasteiger partial charge in [0.1, 0.15) is 11.4 Å². The van der Waals surface area contributed by atoms with Crippen molar-refractivity contribution in [2.75, 3.05) is 12.4 Å². The Morgan fingerprint density at radius 2 is 2.05 bits per heavy atom. The van der Waals surface area contributed by atoms with Crippen molar-refractivity contribution in [1.82, 2.24) is 0 Å². The Bertz CT molecular complexity index is 561. The Morgan fingerprint density at radius 3 is 2.57 bits per heavy atom. The number of nitro groups is 1. The zero-order valence-electron chi connectivity index (χ0n) is 12.4. The quantitative estimate of drug-likeness (QED) is 0.679. The van der Waals surface area contributed by atoms with Crippen molar-refractivity contribution < 1.29 is 19.2 Å². The minimum Gasteiger partial charge on any atom is -0.497 e. The molecule has 0 aliphatic rings. The fourth-order valence-corrected chi connectivity index (χ4v) is 1.47. The first kappa shape index (κ1) is 16.5. The van der Waals surface area contributed by atoms with Crippen molar-refractivity contribution in [3.63, 3.8) is 0 Å². The molecule has 0 atom stereocenters. The van der Waals surface area contributed by atoms with Crippen LogP contribution in [0.5, 0.6) is 5.75 Å². The second-order valence-corrected chi connectivity index (χ2v) is 5.18. The molecule has 21 heavy (non-hydrogen) atoms. The summed E-state index contributed by atoms with van der Waals surface area (Å²) in [6.07, 6.45) is 1.43. The van der Waals surface area contributed by atoms with Crippen LogP contribution < -0.4 is 10.1 Å². The molecule has 1 rings (SSSR count). The van der Waals surface area contributed by atoms with Crippen LogP contribution in [0.4, 0.5) is 10.5 Å². The Hall–Kier alpha value is -2.57. The molecule has 114 valence electrons.